The maximum atomic E-state index is 12.6. The van der Waals surface area contributed by atoms with E-state index in [1.165, 1.54) is 0 Å². The van der Waals surface area contributed by atoms with E-state index < -0.39 is 0 Å². The van der Waals surface area contributed by atoms with Crippen LogP contribution in [0, 0.1) is 6.92 Å². The summed E-state index contributed by atoms with van der Waals surface area (Å²) in [5, 5.41) is 4.76. The molecule has 1 aliphatic heterocycles. The highest BCUT2D eigenvalue weighted by molar-refractivity contribution is 6.31. The molecule has 1 aliphatic rings. The van der Waals surface area contributed by atoms with Crippen molar-refractivity contribution in [1.29, 1.82) is 0 Å². The van der Waals surface area contributed by atoms with Crippen LogP contribution in [0.4, 0.5) is 5.69 Å². The molecule has 4 rings (SSSR count). The number of anilines is 1. The van der Waals surface area contributed by atoms with Gasteiger partial charge in [0.05, 0.1) is 20.1 Å². The van der Waals surface area contributed by atoms with E-state index in [1.807, 2.05) is 19.1 Å². The zero-order valence-corrected chi connectivity index (χ0v) is 17.1. The molecule has 0 saturated carbocycles. The van der Waals surface area contributed by atoms with Crippen LogP contribution < -0.4 is 14.4 Å². The number of ether oxygens (including phenoxy) is 2. The number of aryl methyl sites for hydroxylation is 1. The largest absolute Gasteiger partial charge is 0.497 e. The highest BCUT2D eigenvalue weighted by atomic mass is 35.5. The number of nitrogens with zero attached hydrogens (tertiary/aromatic N) is 3. The Bertz CT molecular complexity index is 1040. The van der Waals surface area contributed by atoms with Crippen LogP contribution in [0.2, 0.25) is 5.02 Å². The molecule has 1 amide bonds. The molecular weight excluding hydrogens is 394 g/mol. The van der Waals surface area contributed by atoms with Crippen LogP contribution >= 0.6 is 11.6 Å². The van der Waals surface area contributed by atoms with Gasteiger partial charge in [-0.05, 0) is 42.8 Å². The number of hydrogen-bond donors (Lipinski definition) is 0. The molecule has 150 valence electrons. The number of carbonyl (C=O) groups is 1. The second kappa shape index (κ2) is 7.75. The number of carbonyl (C=O) groups excluding carboxylic acids is 1. The van der Waals surface area contributed by atoms with Gasteiger partial charge in [-0.3, -0.25) is 4.79 Å². The number of benzene rings is 2. The molecule has 29 heavy (non-hydrogen) atoms. The Morgan fingerprint density at radius 2 is 1.86 bits per heavy atom. The average molecular weight is 414 g/mol. The summed E-state index contributed by atoms with van der Waals surface area (Å²) >= 11 is 6.10. The van der Waals surface area contributed by atoms with Crippen molar-refractivity contribution in [1.82, 2.24) is 10.1 Å². The summed E-state index contributed by atoms with van der Waals surface area (Å²) in [6, 6.07) is 10.9. The fourth-order valence-electron chi connectivity index (χ4n) is 3.37. The highest BCUT2D eigenvalue weighted by Gasteiger charge is 2.35. The molecule has 0 radical (unpaired) electrons. The van der Waals surface area contributed by atoms with E-state index in [1.54, 1.807) is 43.4 Å². The molecule has 1 aromatic heterocycles. The molecule has 1 fully saturated rings. The number of amides is 1. The minimum absolute atomic E-state index is 0.0134. The molecule has 0 aliphatic carbocycles. The molecule has 3 aromatic rings. The van der Waals surface area contributed by atoms with Crippen molar-refractivity contribution in [2.24, 2.45) is 0 Å². The SMILES string of the molecule is COc1cc(OC)cc(-c2noc(C3CC(=O)N(c4ccc(Cl)c(C)c4)C3)n2)c1. The summed E-state index contributed by atoms with van der Waals surface area (Å²) in [6.07, 6.45) is 0.310. The first-order valence-electron chi connectivity index (χ1n) is 9.12. The normalized spacial score (nSPS) is 16.3. The van der Waals surface area contributed by atoms with Crippen molar-refractivity contribution >= 4 is 23.2 Å². The van der Waals surface area contributed by atoms with Crippen LogP contribution in [0.25, 0.3) is 11.4 Å². The molecular formula is C21H20ClN3O4. The van der Waals surface area contributed by atoms with E-state index >= 15 is 0 Å². The van der Waals surface area contributed by atoms with Crippen molar-refractivity contribution in [2.45, 2.75) is 19.3 Å². The van der Waals surface area contributed by atoms with Crippen LogP contribution in [0.5, 0.6) is 11.5 Å². The third-order valence-electron chi connectivity index (χ3n) is 4.98. The van der Waals surface area contributed by atoms with Gasteiger partial charge in [0.1, 0.15) is 11.5 Å². The number of methoxy groups -OCH3 is 2. The highest BCUT2D eigenvalue weighted by Crippen LogP contribution is 2.34. The molecule has 1 saturated heterocycles. The van der Waals surface area contributed by atoms with Gasteiger partial charge in [0.2, 0.25) is 17.6 Å². The van der Waals surface area contributed by atoms with E-state index in [4.69, 9.17) is 25.6 Å². The fourth-order valence-corrected chi connectivity index (χ4v) is 3.49. The standard InChI is InChI=1S/C21H20ClN3O4/c1-12-6-15(4-5-18(12)22)25-11-14(9-19(25)26)21-23-20(24-29-21)13-7-16(27-2)10-17(8-13)28-3/h4-8,10,14H,9,11H2,1-3H3. The molecule has 0 N–H and O–H groups in total. The van der Waals surface area contributed by atoms with Gasteiger partial charge in [0, 0.05) is 35.3 Å². The molecule has 2 aromatic carbocycles. The first-order chi connectivity index (χ1) is 14.0. The lowest BCUT2D eigenvalue weighted by Crippen LogP contribution is -2.24. The van der Waals surface area contributed by atoms with Crippen LogP contribution in [0.15, 0.2) is 40.9 Å². The predicted molar refractivity (Wildman–Crippen MR) is 109 cm³/mol. The lowest BCUT2D eigenvalue weighted by molar-refractivity contribution is -0.117. The number of hydrogen-bond acceptors (Lipinski definition) is 6. The van der Waals surface area contributed by atoms with Gasteiger partial charge in [-0.25, -0.2) is 0 Å². The molecule has 7 nitrogen and oxygen atoms in total. The van der Waals surface area contributed by atoms with E-state index in [0.29, 0.717) is 46.8 Å². The molecule has 1 atom stereocenters. The summed E-state index contributed by atoms with van der Waals surface area (Å²) in [5.41, 5.74) is 2.45. The van der Waals surface area contributed by atoms with E-state index in [-0.39, 0.29) is 11.8 Å². The van der Waals surface area contributed by atoms with Crippen molar-refractivity contribution in [2.75, 3.05) is 25.7 Å². The fraction of sp³-hybridized carbons (Fsp3) is 0.286. The van der Waals surface area contributed by atoms with Gasteiger partial charge in [-0.1, -0.05) is 16.8 Å². The lowest BCUT2D eigenvalue weighted by atomic mass is 10.1. The summed E-state index contributed by atoms with van der Waals surface area (Å²) in [4.78, 5) is 18.8. The Morgan fingerprint density at radius 1 is 1.14 bits per heavy atom. The Labute approximate surface area is 173 Å². The van der Waals surface area contributed by atoms with Gasteiger partial charge in [0.25, 0.3) is 0 Å². The molecule has 0 bridgehead atoms. The Kier molecular flexibility index (Phi) is 5.15. The quantitative estimate of drug-likeness (QED) is 0.622. The predicted octanol–water partition coefficient (Wildman–Crippen LogP) is 4.24. The third kappa shape index (κ3) is 3.78. The summed E-state index contributed by atoms with van der Waals surface area (Å²) in [6.45, 7) is 2.39. The topological polar surface area (TPSA) is 77.7 Å². The Morgan fingerprint density at radius 3 is 2.52 bits per heavy atom. The van der Waals surface area contributed by atoms with E-state index in [2.05, 4.69) is 10.1 Å². The lowest BCUT2D eigenvalue weighted by Gasteiger charge is -2.17. The monoisotopic (exact) mass is 413 g/mol. The number of halogens is 1. The van der Waals surface area contributed by atoms with Crippen LogP contribution in [0.3, 0.4) is 0 Å². The molecule has 2 heterocycles. The Hall–Kier alpha value is -3.06. The van der Waals surface area contributed by atoms with Gasteiger partial charge < -0.3 is 18.9 Å². The average Bonchev–Trinajstić information content (AvgIpc) is 3.36. The van der Waals surface area contributed by atoms with Gasteiger partial charge in [-0.15, -0.1) is 0 Å². The molecule has 8 heteroatoms. The first kappa shape index (κ1) is 19.3. The van der Waals surface area contributed by atoms with E-state index in [9.17, 15) is 4.79 Å². The van der Waals surface area contributed by atoms with Crippen molar-refractivity contribution < 1.29 is 18.8 Å². The van der Waals surface area contributed by atoms with E-state index in [0.717, 1.165) is 11.3 Å². The maximum absolute atomic E-state index is 12.6. The third-order valence-corrected chi connectivity index (χ3v) is 5.40. The number of rotatable bonds is 5. The van der Waals surface area contributed by atoms with Gasteiger partial charge >= 0.3 is 0 Å². The minimum atomic E-state index is -0.174. The van der Waals surface area contributed by atoms with Gasteiger partial charge in [0.15, 0.2) is 0 Å². The second-order valence-electron chi connectivity index (χ2n) is 6.90. The summed E-state index contributed by atoms with van der Waals surface area (Å²) in [7, 11) is 3.16. The smallest absolute Gasteiger partial charge is 0.232 e. The molecule has 0 spiro atoms. The van der Waals surface area contributed by atoms with Gasteiger partial charge in [-0.2, -0.15) is 4.98 Å². The Balaban J connectivity index is 1.57. The van der Waals surface area contributed by atoms with Crippen molar-refractivity contribution in [3.63, 3.8) is 0 Å². The van der Waals surface area contributed by atoms with Crippen LogP contribution in [-0.4, -0.2) is 36.8 Å². The number of aromatic nitrogens is 2. The first-order valence-corrected chi connectivity index (χ1v) is 9.50. The minimum Gasteiger partial charge on any atom is -0.497 e. The second-order valence-corrected chi connectivity index (χ2v) is 7.30. The van der Waals surface area contributed by atoms with Crippen molar-refractivity contribution in [3.05, 3.63) is 52.9 Å². The summed E-state index contributed by atoms with van der Waals surface area (Å²) < 4.78 is 16.1. The van der Waals surface area contributed by atoms with Crippen LogP contribution in [0.1, 0.15) is 23.8 Å². The van der Waals surface area contributed by atoms with Crippen molar-refractivity contribution in [3.8, 4) is 22.9 Å². The summed E-state index contributed by atoms with van der Waals surface area (Å²) in [5.74, 6) is 1.96. The zero-order valence-electron chi connectivity index (χ0n) is 16.3. The zero-order chi connectivity index (χ0) is 20.5. The molecule has 1 unspecified atom stereocenters. The van der Waals surface area contributed by atoms with Crippen LogP contribution in [-0.2, 0) is 4.79 Å². The maximum Gasteiger partial charge on any atom is 0.232 e.